The second-order valence-corrected chi connectivity index (χ2v) is 6.93. The van der Waals surface area contributed by atoms with E-state index < -0.39 is 9.84 Å². The summed E-state index contributed by atoms with van der Waals surface area (Å²) in [7, 11) is -2.79. The van der Waals surface area contributed by atoms with Crippen LogP contribution in [-0.2, 0) is 9.84 Å². The summed E-state index contributed by atoms with van der Waals surface area (Å²) in [4.78, 5) is 0. The zero-order chi connectivity index (χ0) is 10.3. The van der Waals surface area contributed by atoms with Gasteiger partial charge in [-0.3, -0.25) is 0 Å². The van der Waals surface area contributed by atoms with Crippen LogP contribution in [0.15, 0.2) is 0 Å². The van der Waals surface area contributed by atoms with Gasteiger partial charge in [-0.15, -0.1) is 0 Å². The van der Waals surface area contributed by atoms with E-state index in [0.29, 0.717) is 11.5 Å². The van der Waals surface area contributed by atoms with E-state index in [4.69, 9.17) is 0 Å². The summed E-state index contributed by atoms with van der Waals surface area (Å²) in [6.07, 6.45) is 1.91. The molecule has 2 atom stereocenters. The molecular formula is C10H20O2S. The molecule has 0 bridgehead atoms. The molecule has 1 heterocycles. The molecule has 0 aromatic carbocycles. The third-order valence-electron chi connectivity index (χ3n) is 4.09. The molecule has 1 aliphatic heterocycles. The molecule has 0 aromatic rings. The van der Waals surface area contributed by atoms with Crippen LogP contribution in [-0.4, -0.2) is 19.9 Å². The molecule has 1 fully saturated rings. The third-order valence-corrected chi connectivity index (χ3v) is 6.25. The maximum atomic E-state index is 11.6. The highest BCUT2D eigenvalue weighted by atomic mass is 32.2. The topological polar surface area (TPSA) is 34.1 Å². The summed E-state index contributed by atoms with van der Waals surface area (Å²) in [5.74, 6) is 0.752. The fraction of sp³-hybridized carbons (Fsp3) is 1.00. The van der Waals surface area contributed by atoms with Gasteiger partial charge in [-0.25, -0.2) is 8.42 Å². The predicted octanol–water partition coefficient (Wildman–Crippen LogP) is 2.25. The minimum absolute atomic E-state index is 0.0133. The second kappa shape index (κ2) is 2.97. The van der Waals surface area contributed by atoms with Crippen molar-refractivity contribution >= 4 is 9.84 Å². The van der Waals surface area contributed by atoms with E-state index >= 15 is 0 Å². The molecule has 13 heavy (non-hydrogen) atoms. The van der Waals surface area contributed by atoms with E-state index in [-0.39, 0.29) is 10.8 Å². The Labute approximate surface area is 81.6 Å². The average molecular weight is 204 g/mol. The van der Waals surface area contributed by atoms with Gasteiger partial charge in [-0.2, -0.15) is 0 Å². The van der Waals surface area contributed by atoms with Gasteiger partial charge in [-0.1, -0.05) is 27.7 Å². The first kappa shape index (κ1) is 11.0. The van der Waals surface area contributed by atoms with E-state index in [9.17, 15) is 8.42 Å². The van der Waals surface area contributed by atoms with Gasteiger partial charge in [0.25, 0.3) is 0 Å². The van der Waals surface area contributed by atoms with Crippen LogP contribution in [0.3, 0.4) is 0 Å². The SMILES string of the molecule is CCC1(C)CS(=O)(=O)CC1(C)CC. The van der Waals surface area contributed by atoms with E-state index in [1.807, 2.05) is 0 Å². The van der Waals surface area contributed by atoms with Gasteiger partial charge < -0.3 is 0 Å². The molecule has 0 spiro atoms. The van der Waals surface area contributed by atoms with Crippen molar-refractivity contribution in [2.75, 3.05) is 11.5 Å². The molecule has 0 amide bonds. The van der Waals surface area contributed by atoms with Crippen molar-refractivity contribution in [3.8, 4) is 0 Å². The lowest BCUT2D eigenvalue weighted by molar-refractivity contribution is 0.124. The first-order valence-electron chi connectivity index (χ1n) is 4.99. The molecule has 0 saturated carbocycles. The standard InChI is InChI=1S/C10H20O2S/c1-5-9(3)7-13(11,12)8-10(9,4)6-2/h5-8H2,1-4H3. The number of sulfone groups is 1. The van der Waals surface area contributed by atoms with Crippen LogP contribution in [0.2, 0.25) is 0 Å². The minimum Gasteiger partial charge on any atom is -0.229 e. The van der Waals surface area contributed by atoms with Crippen molar-refractivity contribution in [1.82, 2.24) is 0 Å². The lowest BCUT2D eigenvalue weighted by atomic mass is 9.65. The van der Waals surface area contributed by atoms with E-state index in [1.165, 1.54) is 0 Å². The molecule has 0 radical (unpaired) electrons. The lowest BCUT2D eigenvalue weighted by Crippen LogP contribution is -2.35. The van der Waals surface area contributed by atoms with Gasteiger partial charge in [0.1, 0.15) is 0 Å². The number of rotatable bonds is 2. The summed E-state index contributed by atoms with van der Waals surface area (Å²) in [6.45, 7) is 8.41. The smallest absolute Gasteiger partial charge is 0.151 e. The number of hydrogen-bond donors (Lipinski definition) is 0. The molecule has 1 rings (SSSR count). The Bertz CT molecular complexity index is 270. The quantitative estimate of drug-likeness (QED) is 0.691. The maximum absolute atomic E-state index is 11.6. The molecule has 0 aromatic heterocycles. The van der Waals surface area contributed by atoms with Gasteiger partial charge in [0.2, 0.25) is 0 Å². The Morgan fingerprint density at radius 2 is 1.31 bits per heavy atom. The highest BCUT2D eigenvalue weighted by Gasteiger charge is 2.52. The minimum atomic E-state index is -2.79. The zero-order valence-corrected chi connectivity index (χ0v) is 9.87. The maximum Gasteiger partial charge on any atom is 0.151 e. The third kappa shape index (κ3) is 1.63. The van der Waals surface area contributed by atoms with E-state index in [0.717, 1.165) is 12.8 Å². The van der Waals surface area contributed by atoms with Crippen molar-refractivity contribution < 1.29 is 8.42 Å². The fourth-order valence-electron chi connectivity index (χ4n) is 2.43. The van der Waals surface area contributed by atoms with Crippen LogP contribution in [0.1, 0.15) is 40.5 Å². The highest BCUT2D eigenvalue weighted by Crippen LogP contribution is 2.51. The van der Waals surface area contributed by atoms with Crippen molar-refractivity contribution in [2.24, 2.45) is 10.8 Å². The van der Waals surface area contributed by atoms with Crippen molar-refractivity contribution in [1.29, 1.82) is 0 Å². The van der Waals surface area contributed by atoms with Crippen LogP contribution >= 0.6 is 0 Å². The summed E-state index contributed by atoms with van der Waals surface area (Å²) >= 11 is 0. The first-order chi connectivity index (χ1) is 5.79. The summed E-state index contributed by atoms with van der Waals surface area (Å²) < 4.78 is 23.2. The van der Waals surface area contributed by atoms with Gasteiger partial charge in [0.15, 0.2) is 9.84 Å². The predicted molar refractivity (Wildman–Crippen MR) is 55.4 cm³/mol. The molecule has 2 nitrogen and oxygen atoms in total. The van der Waals surface area contributed by atoms with Crippen molar-refractivity contribution in [3.63, 3.8) is 0 Å². The molecule has 3 heteroatoms. The lowest BCUT2D eigenvalue weighted by Gasteiger charge is -2.38. The van der Waals surface area contributed by atoms with E-state index in [2.05, 4.69) is 27.7 Å². The molecule has 0 N–H and O–H groups in total. The normalized spacial score (nSPS) is 43.7. The monoisotopic (exact) mass is 204 g/mol. The van der Waals surface area contributed by atoms with Crippen LogP contribution in [0.5, 0.6) is 0 Å². The number of hydrogen-bond acceptors (Lipinski definition) is 2. The largest absolute Gasteiger partial charge is 0.229 e. The Hall–Kier alpha value is -0.0500. The van der Waals surface area contributed by atoms with E-state index in [1.54, 1.807) is 0 Å². The molecule has 1 saturated heterocycles. The molecule has 0 aliphatic carbocycles. The van der Waals surface area contributed by atoms with Crippen LogP contribution in [0, 0.1) is 10.8 Å². The average Bonchev–Trinajstić information content (AvgIpc) is 2.19. The molecule has 78 valence electrons. The molecule has 2 unspecified atom stereocenters. The van der Waals surface area contributed by atoms with Crippen molar-refractivity contribution in [2.45, 2.75) is 40.5 Å². The summed E-state index contributed by atoms with van der Waals surface area (Å²) in [6, 6.07) is 0. The Morgan fingerprint density at radius 1 is 1.00 bits per heavy atom. The first-order valence-corrected chi connectivity index (χ1v) is 6.81. The molecular weight excluding hydrogens is 184 g/mol. The fourth-order valence-corrected chi connectivity index (χ4v) is 5.58. The Kier molecular flexibility index (Phi) is 2.52. The Balaban J connectivity index is 3.11. The van der Waals surface area contributed by atoms with Gasteiger partial charge in [0, 0.05) is 0 Å². The van der Waals surface area contributed by atoms with Crippen LogP contribution < -0.4 is 0 Å². The van der Waals surface area contributed by atoms with Crippen LogP contribution in [0.4, 0.5) is 0 Å². The van der Waals surface area contributed by atoms with Gasteiger partial charge in [0.05, 0.1) is 11.5 Å². The molecule has 1 aliphatic rings. The van der Waals surface area contributed by atoms with Gasteiger partial charge >= 0.3 is 0 Å². The second-order valence-electron chi connectivity index (χ2n) is 4.86. The summed E-state index contributed by atoms with van der Waals surface area (Å²) in [5, 5.41) is 0. The highest BCUT2D eigenvalue weighted by molar-refractivity contribution is 7.91. The Morgan fingerprint density at radius 3 is 1.54 bits per heavy atom. The van der Waals surface area contributed by atoms with Crippen molar-refractivity contribution in [3.05, 3.63) is 0 Å². The summed E-state index contributed by atoms with van der Waals surface area (Å²) in [5.41, 5.74) is -0.0266. The van der Waals surface area contributed by atoms with Crippen LogP contribution in [0.25, 0.3) is 0 Å². The zero-order valence-electron chi connectivity index (χ0n) is 9.05. The van der Waals surface area contributed by atoms with Gasteiger partial charge in [-0.05, 0) is 23.7 Å².